The van der Waals surface area contributed by atoms with Gasteiger partial charge in [-0.1, -0.05) is 59.8 Å². The van der Waals surface area contributed by atoms with E-state index in [9.17, 15) is 0 Å². The van der Waals surface area contributed by atoms with Crippen LogP contribution in [0, 0.1) is 18.8 Å². The van der Waals surface area contributed by atoms with Gasteiger partial charge in [0.2, 0.25) is 0 Å². The van der Waals surface area contributed by atoms with E-state index < -0.39 is 0 Å². The fraction of sp³-hybridized carbons (Fsp3) is 0.909. The minimum Gasteiger partial charge on any atom is -0.0654 e. The van der Waals surface area contributed by atoms with Crippen LogP contribution < -0.4 is 0 Å². The molecule has 0 aromatic rings. The molecule has 0 rings (SSSR count). The highest BCUT2D eigenvalue weighted by molar-refractivity contribution is 4.65. The Morgan fingerprint density at radius 1 is 1.27 bits per heavy atom. The Balaban J connectivity index is 3.56. The van der Waals surface area contributed by atoms with Gasteiger partial charge in [0, 0.05) is 0 Å². The van der Waals surface area contributed by atoms with E-state index in [1.165, 1.54) is 25.7 Å². The fourth-order valence-corrected chi connectivity index (χ4v) is 1.59. The van der Waals surface area contributed by atoms with Crippen molar-refractivity contribution < 1.29 is 0 Å². The summed E-state index contributed by atoms with van der Waals surface area (Å²) in [5.74, 6) is 1.75. The molecule has 67 valence electrons. The van der Waals surface area contributed by atoms with Crippen LogP contribution >= 0.6 is 0 Å². The van der Waals surface area contributed by atoms with Gasteiger partial charge >= 0.3 is 0 Å². The Labute approximate surface area is 72.4 Å². The lowest BCUT2D eigenvalue weighted by molar-refractivity contribution is 0.319. The average molecular weight is 155 g/mol. The molecule has 0 heterocycles. The van der Waals surface area contributed by atoms with Gasteiger partial charge in [-0.25, -0.2) is 0 Å². The second-order valence-electron chi connectivity index (χ2n) is 3.58. The maximum Gasteiger partial charge on any atom is -0.0391 e. The van der Waals surface area contributed by atoms with E-state index >= 15 is 0 Å². The zero-order valence-corrected chi connectivity index (χ0v) is 8.40. The van der Waals surface area contributed by atoms with Crippen LogP contribution in [-0.2, 0) is 0 Å². The summed E-state index contributed by atoms with van der Waals surface area (Å²) in [5, 5.41) is 0. The lowest BCUT2D eigenvalue weighted by atomic mass is 9.86. The lowest BCUT2D eigenvalue weighted by Gasteiger charge is -2.20. The molecule has 0 N–H and O–H groups in total. The summed E-state index contributed by atoms with van der Waals surface area (Å²) in [7, 11) is 0. The number of rotatable bonds is 6. The first-order valence-electron chi connectivity index (χ1n) is 5.05. The SMILES string of the molecule is [CH2]CC(C)C(CC)CCCC. The summed E-state index contributed by atoms with van der Waals surface area (Å²) in [5.41, 5.74) is 0. The van der Waals surface area contributed by atoms with Crippen LogP contribution in [0.3, 0.4) is 0 Å². The highest BCUT2D eigenvalue weighted by Crippen LogP contribution is 2.23. The predicted octanol–water partition coefficient (Wildman–Crippen LogP) is 4.06. The molecular weight excluding hydrogens is 132 g/mol. The van der Waals surface area contributed by atoms with E-state index in [4.69, 9.17) is 0 Å². The van der Waals surface area contributed by atoms with Gasteiger partial charge in [-0.3, -0.25) is 0 Å². The van der Waals surface area contributed by atoms with E-state index in [-0.39, 0.29) is 0 Å². The second kappa shape index (κ2) is 6.69. The van der Waals surface area contributed by atoms with Gasteiger partial charge in [0.1, 0.15) is 0 Å². The Morgan fingerprint density at radius 3 is 2.27 bits per heavy atom. The summed E-state index contributed by atoms with van der Waals surface area (Å²) in [6, 6.07) is 0. The molecule has 2 unspecified atom stereocenters. The summed E-state index contributed by atoms with van der Waals surface area (Å²) >= 11 is 0. The van der Waals surface area contributed by atoms with Crippen molar-refractivity contribution in [3.8, 4) is 0 Å². The molecule has 0 aliphatic rings. The van der Waals surface area contributed by atoms with Gasteiger partial charge in [-0.05, 0) is 11.8 Å². The summed E-state index contributed by atoms with van der Waals surface area (Å²) in [6.07, 6.45) is 6.56. The van der Waals surface area contributed by atoms with Gasteiger partial charge in [-0.15, -0.1) is 0 Å². The first-order valence-corrected chi connectivity index (χ1v) is 5.05. The van der Waals surface area contributed by atoms with Crippen LogP contribution in [0.1, 0.15) is 52.9 Å². The molecule has 0 heteroatoms. The lowest BCUT2D eigenvalue weighted by Crippen LogP contribution is -2.09. The summed E-state index contributed by atoms with van der Waals surface area (Å²) < 4.78 is 0. The topological polar surface area (TPSA) is 0 Å². The third kappa shape index (κ3) is 4.44. The van der Waals surface area contributed by atoms with E-state index in [0.717, 1.165) is 18.3 Å². The molecule has 11 heavy (non-hydrogen) atoms. The second-order valence-corrected chi connectivity index (χ2v) is 3.58. The number of unbranched alkanes of at least 4 members (excludes halogenated alkanes) is 1. The van der Waals surface area contributed by atoms with Crippen molar-refractivity contribution in [2.75, 3.05) is 0 Å². The first kappa shape index (κ1) is 11.0. The quantitative estimate of drug-likeness (QED) is 0.542. The predicted molar refractivity (Wildman–Crippen MR) is 52.4 cm³/mol. The fourth-order valence-electron chi connectivity index (χ4n) is 1.59. The van der Waals surface area contributed by atoms with Crippen LogP contribution in [0.2, 0.25) is 0 Å². The molecule has 0 aromatic carbocycles. The molecule has 0 saturated heterocycles. The number of hydrogen-bond acceptors (Lipinski definition) is 0. The molecule has 0 bridgehead atoms. The normalized spacial score (nSPS) is 16.4. The van der Waals surface area contributed by atoms with E-state index in [0.29, 0.717) is 0 Å². The Morgan fingerprint density at radius 2 is 1.91 bits per heavy atom. The molecular formula is C11H23. The van der Waals surface area contributed by atoms with Crippen molar-refractivity contribution in [3.05, 3.63) is 6.92 Å². The highest BCUT2D eigenvalue weighted by atomic mass is 14.2. The molecule has 0 fully saturated rings. The molecule has 0 spiro atoms. The smallest absolute Gasteiger partial charge is 0.0391 e. The molecule has 0 aliphatic heterocycles. The van der Waals surface area contributed by atoms with E-state index in [1.54, 1.807) is 0 Å². The summed E-state index contributed by atoms with van der Waals surface area (Å²) in [6.45, 7) is 10.9. The van der Waals surface area contributed by atoms with Gasteiger partial charge in [0.15, 0.2) is 0 Å². The van der Waals surface area contributed by atoms with E-state index in [1.807, 2.05) is 0 Å². The molecule has 0 nitrogen and oxygen atoms in total. The Hall–Kier alpha value is 0. The minimum atomic E-state index is 0.826. The maximum absolute atomic E-state index is 3.96. The van der Waals surface area contributed by atoms with Crippen LogP contribution in [-0.4, -0.2) is 0 Å². The third-order valence-electron chi connectivity index (χ3n) is 2.71. The van der Waals surface area contributed by atoms with Crippen LogP contribution in [0.4, 0.5) is 0 Å². The zero-order valence-electron chi connectivity index (χ0n) is 8.40. The Kier molecular flexibility index (Phi) is 6.69. The standard InChI is InChI=1S/C11H23/c1-5-8-9-11(7-3)10(4)6-2/h10-11H,2,5-9H2,1,3-4H3. The molecule has 1 radical (unpaired) electrons. The zero-order chi connectivity index (χ0) is 8.69. The van der Waals surface area contributed by atoms with Crippen molar-refractivity contribution in [1.82, 2.24) is 0 Å². The molecule has 0 saturated carbocycles. The van der Waals surface area contributed by atoms with Gasteiger partial charge in [0.05, 0.1) is 0 Å². The molecule has 2 atom stereocenters. The third-order valence-corrected chi connectivity index (χ3v) is 2.71. The first-order chi connectivity index (χ1) is 5.26. The van der Waals surface area contributed by atoms with Crippen molar-refractivity contribution in [2.45, 2.75) is 52.9 Å². The maximum atomic E-state index is 3.96. The van der Waals surface area contributed by atoms with Gasteiger partial charge in [0.25, 0.3) is 0 Å². The number of hydrogen-bond donors (Lipinski definition) is 0. The van der Waals surface area contributed by atoms with E-state index in [2.05, 4.69) is 27.7 Å². The minimum absolute atomic E-state index is 0.826. The molecule has 0 amide bonds. The van der Waals surface area contributed by atoms with Crippen molar-refractivity contribution in [2.24, 2.45) is 11.8 Å². The largest absolute Gasteiger partial charge is 0.0654 e. The Bertz CT molecular complexity index is 76.1. The van der Waals surface area contributed by atoms with Crippen molar-refractivity contribution >= 4 is 0 Å². The van der Waals surface area contributed by atoms with Crippen molar-refractivity contribution in [1.29, 1.82) is 0 Å². The van der Waals surface area contributed by atoms with Crippen LogP contribution in [0.5, 0.6) is 0 Å². The van der Waals surface area contributed by atoms with Gasteiger partial charge < -0.3 is 0 Å². The molecule has 0 aromatic heterocycles. The van der Waals surface area contributed by atoms with Crippen molar-refractivity contribution in [3.63, 3.8) is 0 Å². The molecule has 0 aliphatic carbocycles. The highest BCUT2D eigenvalue weighted by Gasteiger charge is 2.12. The van der Waals surface area contributed by atoms with Crippen LogP contribution in [0.15, 0.2) is 0 Å². The monoisotopic (exact) mass is 155 g/mol. The van der Waals surface area contributed by atoms with Crippen LogP contribution in [0.25, 0.3) is 0 Å². The van der Waals surface area contributed by atoms with Gasteiger partial charge in [-0.2, -0.15) is 0 Å². The summed E-state index contributed by atoms with van der Waals surface area (Å²) in [4.78, 5) is 0. The average Bonchev–Trinajstić information content (AvgIpc) is 2.05.